The Morgan fingerprint density at radius 3 is 2.95 bits per heavy atom. The number of rotatable bonds is 5. The van der Waals surface area contributed by atoms with Crippen LogP contribution in [0, 0.1) is 0 Å². The van der Waals surface area contributed by atoms with E-state index in [0.717, 1.165) is 23.5 Å². The van der Waals surface area contributed by atoms with Crippen LogP contribution in [-0.2, 0) is 19.5 Å². The molecule has 0 bridgehead atoms. The summed E-state index contributed by atoms with van der Waals surface area (Å²) in [5, 5.41) is 9.11. The van der Waals surface area contributed by atoms with Gasteiger partial charge in [0.2, 0.25) is 5.89 Å². The van der Waals surface area contributed by atoms with Gasteiger partial charge in [-0.05, 0) is 24.7 Å². The third-order valence-corrected chi connectivity index (χ3v) is 3.65. The van der Waals surface area contributed by atoms with Gasteiger partial charge in [-0.3, -0.25) is 0 Å². The lowest BCUT2D eigenvalue weighted by molar-refractivity contribution is 0.375. The zero-order chi connectivity index (χ0) is 14.8. The van der Waals surface area contributed by atoms with Gasteiger partial charge in [0.1, 0.15) is 0 Å². The van der Waals surface area contributed by atoms with Crippen LogP contribution in [0.2, 0.25) is 5.02 Å². The zero-order valence-corrected chi connectivity index (χ0v) is 12.8. The van der Waals surface area contributed by atoms with Gasteiger partial charge in [0.05, 0.1) is 12.1 Å². The molecule has 0 saturated carbocycles. The molecule has 0 aliphatic carbocycles. The maximum atomic E-state index is 6.13. The van der Waals surface area contributed by atoms with E-state index in [1.165, 1.54) is 10.9 Å². The number of halogens is 1. The van der Waals surface area contributed by atoms with Crippen LogP contribution >= 0.6 is 11.6 Å². The second-order valence-corrected chi connectivity index (χ2v) is 5.37. The fourth-order valence-corrected chi connectivity index (χ4v) is 2.62. The summed E-state index contributed by atoms with van der Waals surface area (Å²) in [5.74, 6) is 1.34. The molecule has 110 valence electrons. The minimum Gasteiger partial charge on any atom is -0.339 e. The lowest BCUT2D eigenvalue weighted by Crippen LogP contribution is -2.04. The number of hydrogen-bond donors (Lipinski definition) is 1. The van der Waals surface area contributed by atoms with Crippen molar-refractivity contribution in [3.8, 4) is 0 Å². The predicted octanol–water partition coefficient (Wildman–Crippen LogP) is 3.01. The van der Waals surface area contributed by atoms with Gasteiger partial charge in [-0.1, -0.05) is 29.7 Å². The van der Waals surface area contributed by atoms with Gasteiger partial charge in [-0.2, -0.15) is 4.98 Å². The van der Waals surface area contributed by atoms with Crippen LogP contribution in [-0.4, -0.2) is 21.8 Å². The van der Waals surface area contributed by atoms with E-state index in [2.05, 4.69) is 32.3 Å². The van der Waals surface area contributed by atoms with Crippen molar-refractivity contribution in [2.45, 2.75) is 26.4 Å². The Balaban J connectivity index is 2.02. The highest BCUT2D eigenvalue weighted by Gasteiger charge is 2.11. The largest absolute Gasteiger partial charge is 0.339 e. The summed E-state index contributed by atoms with van der Waals surface area (Å²) in [7, 11) is 1.94. The molecule has 0 saturated heterocycles. The van der Waals surface area contributed by atoms with E-state index >= 15 is 0 Å². The first kappa shape index (κ1) is 14.1. The molecule has 0 radical (unpaired) electrons. The molecule has 3 rings (SSSR count). The van der Waals surface area contributed by atoms with Gasteiger partial charge in [-0.15, -0.1) is 0 Å². The predicted molar refractivity (Wildman–Crippen MR) is 82.5 cm³/mol. The van der Waals surface area contributed by atoms with Gasteiger partial charge in [0.15, 0.2) is 5.82 Å². The summed E-state index contributed by atoms with van der Waals surface area (Å²) in [6.45, 7) is 3.37. The van der Waals surface area contributed by atoms with Crippen molar-refractivity contribution in [1.29, 1.82) is 0 Å². The second-order valence-electron chi connectivity index (χ2n) is 4.93. The molecule has 2 aromatic heterocycles. The molecule has 1 N–H and O–H groups in total. The van der Waals surface area contributed by atoms with Crippen LogP contribution in [0.15, 0.2) is 28.9 Å². The first-order chi connectivity index (χ1) is 10.2. The molecule has 0 unspecified atom stereocenters. The number of benzene rings is 1. The number of nitrogens with zero attached hydrogens (tertiary/aromatic N) is 3. The van der Waals surface area contributed by atoms with Gasteiger partial charge in [0.25, 0.3) is 0 Å². The third-order valence-electron chi connectivity index (χ3n) is 3.42. The number of fused-ring (bicyclic) bond motifs is 1. The number of hydrogen-bond acceptors (Lipinski definition) is 4. The van der Waals surface area contributed by atoms with Gasteiger partial charge in [0, 0.05) is 29.6 Å². The van der Waals surface area contributed by atoms with Crippen molar-refractivity contribution in [3.63, 3.8) is 0 Å². The Morgan fingerprint density at radius 2 is 2.24 bits per heavy atom. The highest BCUT2D eigenvalue weighted by Crippen LogP contribution is 2.25. The molecule has 0 aliphatic rings. The van der Waals surface area contributed by atoms with E-state index in [1.54, 1.807) is 0 Å². The molecule has 0 atom stereocenters. The quantitative estimate of drug-likeness (QED) is 0.787. The van der Waals surface area contributed by atoms with E-state index in [4.69, 9.17) is 16.1 Å². The molecule has 3 aromatic rings. The average molecular weight is 305 g/mol. The Bertz CT molecular complexity index is 762. The fraction of sp³-hybridized carbons (Fsp3) is 0.333. The molecule has 6 heteroatoms. The molecule has 2 heterocycles. The fourth-order valence-electron chi connectivity index (χ4n) is 2.45. The monoisotopic (exact) mass is 304 g/mol. The third kappa shape index (κ3) is 2.80. The molecule has 0 amide bonds. The summed E-state index contributed by atoms with van der Waals surface area (Å²) in [5.41, 5.74) is 2.30. The van der Waals surface area contributed by atoms with Crippen LogP contribution in [0.1, 0.15) is 24.2 Å². The Hall–Kier alpha value is -1.85. The minimum absolute atomic E-state index is 0.573. The van der Waals surface area contributed by atoms with Crippen molar-refractivity contribution >= 4 is 22.5 Å². The van der Waals surface area contributed by atoms with Gasteiger partial charge >= 0.3 is 0 Å². The Labute approximate surface area is 127 Å². The van der Waals surface area contributed by atoms with E-state index in [0.29, 0.717) is 18.3 Å². The van der Waals surface area contributed by atoms with Crippen molar-refractivity contribution in [2.24, 2.45) is 0 Å². The maximum absolute atomic E-state index is 6.13. The first-order valence-electron chi connectivity index (χ1n) is 6.94. The molecule has 5 nitrogen and oxygen atoms in total. The lowest BCUT2D eigenvalue weighted by Gasteiger charge is -2.01. The molecule has 0 aliphatic heterocycles. The SMILES string of the molecule is CCc1nc(Cn2cc(CNC)c3ccc(Cl)cc32)no1. The molecular formula is C15H17ClN4O. The lowest BCUT2D eigenvalue weighted by atomic mass is 10.2. The Kier molecular flexibility index (Phi) is 3.94. The van der Waals surface area contributed by atoms with E-state index in [-0.39, 0.29) is 0 Å². The molecule has 0 fully saturated rings. The Morgan fingerprint density at radius 1 is 1.38 bits per heavy atom. The second kappa shape index (κ2) is 5.87. The van der Waals surface area contributed by atoms with Crippen LogP contribution in [0.5, 0.6) is 0 Å². The molecule has 0 spiro atoms. The van der Waals surface area contributed by atoms with Crippen molar-refractivity contribution in [2.75, 3.05) is 7.05 Å². The summed E-state index contributed by atoms with van der Waals surface area (Å²) in [4.78, 5) is 4.36. The topological polar surface area (TPSA) is 55.9 Å². The average Bonchev–Trinajstić information content (AvgIpc) is 3.05. The first-order valence-corrected chi connectivity index (χ1v) is 7.32. The summed E-state index contributed by atoms with van der Waals surface area (Å²) < 4.78 is 7.27. The number of aryl methyl sites for hydroxylation is 1. The van der Waals surface area contributed by atoms with Crippen molar-refractivity contribution in [1.82, 2.24) is 20.0 Å². The normalized spacial score (nSPS) is 11.4. The smallest absolute Gasteiger partial charge is 0.226 e. The highest BCUT2D eigenvalue weighted by molar-refractivity contribution is 6.31. The highest BCUT2D eigenvalue weighted by atomic mass is 35.5. The van der Waals surface area contributed by atoms with E-state index in [9.17, 15) is 0 Å². The summed E-state index contributed by atoms with van der Waals surface area (Å²) >= 11 is 6.13. The molecule has 1 aromatic carbocycles. The number of nitrogens with one attached hydrogen (secondary N) is 1. The van der Waals surface area contributed by atoms with Crippen molar-refractivity contribution in [3.05, 3.63) is 46.7 Å². The number of aromatic nitrogens is 3. The summed E-state index contributed by atoms with van der Waals surface area (Å²) in [6.07, 6.45) is 2.86. The van der Waals surface area contributed by atoms with Crippen LogP contribution in [0.25, 0.3) is 10.9 Å². The summed E-state index contributed by atoms with van der Waals surface area (Å²) in [6, 6.07) is 5.93. The van der Waals surface area contributed by atoms with E-state index < -0.39 is 0 Å². The van der Waals surface area contributed by atoms with Crippen LogP contribution in [0.4, 0.5) is 0 Å². The van der Waals surface area contributed by atoms with Gasteiger partial charge < -0.3 is 14.4 Å². The van der Waals surface area contributed by atoms with Crippen molar-refractivity contribution < 1.29 is 4.52 Å². The standard InChI is InChI=1S/C15H17ClN4O/c1-3-15-18-14(19-21-15)9-20-8-10(7-17-2)12-5-4-11(16)6-13(12)20/h4-6,8,17H,3,7,9H2,1-2H3. The zero-order valence-electron chi connectivity index (χ0n) is 12.1. The van der Waals surface area contributed by atoms with Crippen LogP contribution in [0.3, 0.4) is 0 Å². The molecule has 21 heavy (non-hydrogen) atoms. The van der Waals surface area contributed by atoms with Crippen LogP contribution < -0.4 is 5.32 Å². The van der Waals surface area contributed by atoms with E-state index in [1.807, 2.05) is 26.1 Å². The molecular weight excluding hydrogens is 288 g/mol. The minimum atomic E-state index is 0.573. The maximum Gasteiger partial charge on any atom is 0.226 e. The van der Waals surface area contributed by atoms with Gasteiger partial charge in [-0.25, -0.2) is 0 Å².